The Morgan fingerprint density at radius 3 is 2.30 bits per heavy atom. The Bertz CT molecular complexity index is 1370. The highest BCUT2D eigenvalue weighted by atomic mass is 32.2. The predicted octanol–water partition coefficient (Wildman–Crippen LogP) is 5.49. The molecule has 0 fully saturated rings. The van der Waals surface area contributed by atoms with Crippen molar-refractivity contribution in [1.29, 1.82) is 0 Å². The number of hydrogen-bond donors (Lipinski definition) is 1. The topological polar surface area (TPSA) is 83.4 Å². The van der Waals surface area contributed by atoms with Crippen molar-refractivity contribution in [3.63, 3.8) is 0 Å². The highest BCUT2D eigenvalue weighted by Gasteiger charge is 2.39. The number of nitrogens with zero attached hydrogens (tertiary/aromatic N) is 3. The van der Waals surface area contributed by atoms with Crippen molar-refractivity contribution in [2.24, 2.45) is 10.1 Å². The molecule has 2 aliphatic heterocycles. The second-order valence-electron chi connectivity index (χ2n) is 9.21. The van der Waals surface area contributed by atoms with Gasteiger partial charge in [0.2, 0.25) is 5.91 Å². The summed E-state index contributed by atoms with van der Waals surface area (Å²) in [6.07, 6.45) is 0.725. The monoisotopic (exact) mass is 512 g/mol. The maximum absolute atomic E-state index is 12.8. The van der Waals surface area contributed by atoms with E-state index in [-0.39, 0.29) is 24.3 Å². The lowest BCUT2D eigenvalue weighted by molar-refractivity contribution is -0.121. The largest absolute Gasteiger partial charge is 0.497 e. The number of anilines is 1. The molecule has 0 aliphatic carbocycles. The van der Waals surface area contributed by atoms with Crippen LogP contribution in [0.3, 0.4) is 0 Å². The van der Waals surface area contributed by atoms with E-state index in [0.29, 0.717) is 23.0 Å². The number of hydrogen-bond acceptors (Lipinski definition) is 6. The number of amidine groups is 1. The third-order valence-corrected chi connectivity index (χ3v) is 7.57. The van der Waals surface area contributed by atoms with Crippen molar-refractivity contribution in [1.82, 2.24) is 5.01 Å². The molecule has 0 bridgehead atoms. The number of carbonyl (C=O) groups excluding carboxylic acids is 2. The number of hydrazone groups is 1. The molecule has 0 unspecified atom stereocenters. The molecule has 0 saturated heterocycles. The maximum atomic E-state index is 12.8. The Morgan fingerprint density at radius 1 is 1.00 bits per heavy atom. The summed E-state index contributed by atoms with van der Waals surface area (Å²) >= 11 is 1.30. The highest BCUT2D eigenvalue weighted by molar-refractivity contribution is 8.15. The van der Waals surface area contributed by atoms with Crippen LogP contribution in [0.5, 0.6) is 5.75 Å². The number of aliphatic imine (C=N–C) groups is 1. The van der Waals surface area contributed by atoms with E-state index in [0.717, 1.165) is 16.8 Å². The molecule has 5 rings (SSSR count). The lowest BCUT2D eigenvalue weighted by Gasteiger charge is -2.23. The Hall–Kier alpha value is -3.91. The maximum Gasteiger partial charge on any atom is 0.262 e. The van der Waals surface area contributed by atoms with Crippen LogP contribution in [0.1, 0.15) is 41.1 Å². The number of amides is 2. The first-order valence-corrected chi connectivity index (χ1v) is 13.0. The second-order valence-corrected chi connectivity index (χ2v) is 10.4. The number of rotatable bonds is 6. The van der Waals surface area contributed by atoms with Gasteiger partial charge in [-0.25, -0.2) is 5.01 Å². The third kappa shape index (κ3) is 5.59. The molecule has 2 amide bonds. The van der Waals surface area contributed by atoms with Gasteiger partial charge in [-0.1, -0.05) is 71.4 Å². The van der Waals surface area contributed by atoms with Gasteiger partial charge >= 0.3 is 0 Å². The van der Waals surface area contributed by atoms with Crippen LogP contribution in [-0.4, -0.2) is 40.1 Å². The molecule has 3 aromatic carbocycles. The van der Waals surface area contributed by atoms with Gasteiger partial charge in [0.15, 0.2) is 5.17 Å². The molecule has 2 atom stereocenters. The summed E-state index contributed by atoms with van der Waals surface area (Å²) < 4.78 is 5.15. The van der Waals surface area contributed by atoms with Crippen molar-refractivity contribution in [3.8, 4) is 5.75 Å². The average molecular weight is 513 g/mol. The van der Waals surface area contributed by atoms with Gasteiger partial charge in [0, 0.05) is 18.5 Å². The Morgan fingerprint density at radius 2 is 1.65 bits per heavy atom. The molecule has 188 valence electrons. The zero-order valence-electron chi connectivity index (χ0n) is 21.0. The summed E-state index contributed by atoms with van der Waals surface area (Å²) in [6.45, 7) is 4.11. The molecule has 0 spiro atoms. The van der Waals surface area contributed by atoms with E-state index in [9.17, 15) is 9.59 Å². The normalized spacial score (nSPS) is 19.0. The minimum Gasteiger partial charge on any atom is -0.497 e. The summed E-state index contributed by atoms with van der Waals surface area (Å²) in [4.78, 5) is 29.8. The fourth-order valence-electron chi connectivity index (χ4n) is 4.31. The third-order valence-electron chi connectivity index (χ3n) is 6.43. The van der Waals surface area contributed by atoms with E-state index in [2.05, 4.69) is 72.7 Å². The molecular formula is C29H28N4O3S. The van der Waals surface area contributed by atoms with Crippen LogP contribution >= 0.6 is 11.8 Å². The van der Waals surface area contributed by atoms with Gasteiger partial charge in [0.25, 0.3) is 5.91 Å². The molecular weight excluding hydrogens is 484 g/mol. The molecule has 2 heterocycles. The Labute approximate surface area is 220 Å². The Balaban J connectivity index is 1.33. The molecule has 0 saturated carbocycles. The summed E-state index contributed by atoms with van der Waals surface area (Å²) in [6, 6.07) is 23.7. The van der Waals surface area contributed by atoms with Gasteiger partial charge in [-0.15, -0.1) is 0 Å². The van der Waals surface area contributed by atoms with Crippen LogP contribution in [-0.2, 0) is 9.59 Å². The first kappa shape index (κ1) is 24.8. The van der Waals surface area contributed by atoms with Crippen LogP contribution in [0.15, 0.2) is 82.9 Å². The van der Waals surface area contributed by atoms with Crippen molar-refractivity contribution in [3.05, 3.63) is 95.1 Å². The number of benzene rings is 3. The zero-order valence-corrected chi connectivity index (χ0v) is 21.8. The number of methoxy groups -OCH3 is 1. The molecule has 0 radical (unpaired) electrons. The number of ether oxygens (including phenoxy) is 1. The Kier molecular flexibility index (Phi) is 7.10. The fraction of sp³-hybridized carbons (Fsp3) is 0.241. The van der Waals surface area contributed by atoms with Gasteiger partial charge in [-0.2, -0.15) is 10.1 Å². The van der Waals surface area contributed by atoms with Crippen molar-refractivity contribution in [2.45, 2.75) is 38.0 Å². The zero-order chi connectivity index (χ0) is 25.9. The van der Waals surface area contributed by atoms with Crippen LogP contribution in [0.2, 0.25) is 0 Å². The van der Waals surface area contributed by atoms with E-state index in [4.69, 9.17) is 9.84 Å². The first-order valence-electron chi connectivity index (χ1n) is 12.1. The van der Waals surface area contributed by atoms with Crippen LogP contribution in [0.4, 0.5) is 5.69 Å². The first-order chi connectivity index (χ1) is 17.9. The fourth-order valence-corrected chi connectivity index (χ4v) is 5.38. The second kappa shape index (κ2) is 10.6. The quantitative estimate of drug-likeness (QED) is 0.472. The van der Waals surface area contributed by atoms with Gasteiger partial charge in [-0.3, -0.25) is 9.59 Å². The van der Waals surface area contributed by atoms with Crippen LogP contribution < -0.4 is 10.1 Å². The number of thioether (sulfide) groups is 1. The van der Waals surface area contributed by atoms with E-state index < -0.39 is 5.25 Å². The smallest absolute Gasteiger partial charge is 0.262 e. The van der Waals surface area contributed by atoms with Gasteiger partial charge in [-0.05, 0) is 49.2 Å². The highest BCUT2D eigenvalue weighted by Crippen LogP contribution is 2.38. The van der Waals surface area contributed by atoms with E-state index in [1.54, 1.807) is 31.4 Å². The lowest BCUT2D eigenvalue weighted by atomic mass is 9.97. The molecule has 3 aromatic rings. The summed E-state index contributed by atoms with van der Waals surface area (Å²) in [5.74, 6) is 0.149. The average Bonchev–Trinajstić information content (AvgIpc) is 3.49. The van der Waals surface area contributed by atoms with Crippen LogP contribution in [0, 0.1) is 13.8 Å². The SMILES string of the molecule is COc1ccc(NC(=O)C[C@H]2SC(N3N=C(c4ccc(C)cc4)C[C@H]3c3ccc(C)cc3)=NC2=O)cc1. The number of nitrogens with one attached hydrogen (secondary N) is 1. The van der Waals surface area contributed by atoms with Gasteiger partial charge in [0.1, 0.15) is 11.0 Å². The predicted molar refractivity (Wildman–Crippen MR) is 148 cm³/mol. The minimum absolute atomic E-state index is 0.0279. The summed E-state index contributed by atoms with van der Waals surface area (Å²) in [5.41, 5.74) is 6.12. The molecule has 1 N–H and O–H groups in total. The molecule has 0 aromatic heterocycles. The molecule has 7 nitrogen and oxygen atoms in total. The number of aryl methyl sites for hydroxylation is 2. The lowest BCUT2D eigenvalue weighted by Crippen LogP contribution is -2.25. The summed E-state index contributed by atoms with van der Waals surface area (Å²) in [5, 5.41) is 9.55. The van der Waals surface area contributed by atoms with Gasteiger partial charge < -0.3 is 10.1 Å². The van der Waals surface area contributed by atoms with Gasteiger partial charge in [0.05, 0.1) is 18.9 Å². The van der Waals surface area contributed by atoms with Crippen molar-refractivity contribution < 1.29 is 14.3 Å². The minimum atomic E-state index is -0.592. The van der Waals surface area contributed by atoms with Crippen molar-refractivity contribution in [2.75, 3.05) is 12.4 Å². The molecule has 2 aliphatic rings. The molecule has 8 heteroatoms. The molecule has 37 heavy (non-hydrogen) atoms. The van der Waals surface area contributed by atoms with Crippen molar-refractivity contribution >= 4 is 40.1 Å². The van der Waals surface area contributed by atoms with Crippen LogP contribution in [0.25, 0.3) is 0 Å². The van der Waals surface area contributed by atoms with E-state index >= 15 is 0 Å². The van der Waals surface area contributed by atoms with E-state index in [1.807, 2.05) is 5.01 Å². The number of carbonyl (C=O) groups is 2. The summed E-state index contributed by atoms with van der Waals surface area (Å²) in [7, 11) is 1.59. The van der Waals surface area contributed by atoms with E-state index in [1.165, 1.54) is 22.9 Å². The standard InChI is InChI=1S/C29H28N4O3S/c1-18-4-8-20(9-5-18)24-16-25(21-10-6-19(2)7-11-21)33(32-24)29-31-28(35)26(37-29)17-27(34)30-22-12-14-23(36-3)15-13-22/h4-15,25-26H,16-17H2,1-3H3,(H,30,34)/t25-,26+/m0/s1.